The van der Waals surface area contributed by atoms with E-state index in [9.17, 15) is 0 Å². The molecule has 0 spiro atoms. The highest BCUT2D eigenvalue weighted by Gasteiger charge is 2.10. The van der Waals surface area contributed by atoms with Gasteiger partial charge in [-0.3, -0.25) is 4.99 Å². The van der Waals surface area contributed by atoms with Gasteiger partial charge in [0.1, 0.15) is 0 Å². The van der Waals surface area contributed by atoms with Crippen LogP contribution in [-0.4, -0.2) is 12.5 Å². The molecule has 0 radical (unpaired) electrons. The number of aliphatic imine (C=N–C) groups is 1. The number of rotatable bonds is 5. The summed E-state index contributed by atoms with van der Waals surface area (Å²) in [5.41, 5.74) is 9.88. The van der Waals surface area contributed by atoms with Crippen molar-refractivity contribution in [2.45, 2.75) is 45.4 Å². The van der Waals surface area contributed by atoms with Gasteiger partial charge in [0.05, 0.1) is 0 Å². The summed E-state index contributed by atoms with van der Waals surface area (Å²) in [6, 6.07) is 6.50. The average Bonchev–Trinajstić information content (AvgIpc) is 2.82. The highest BCUT2D eigenvalue weighted by Crippen LogP contribution is 2.24. The number of guanidine groups is 1. The Morgan fingerprint density at radius 1 is 1.28 bits per heavy atom. The van der Waals surface area contributed by atoms with Crippen molar-refractivity contribution in [3.8, 4) is 0 Å². The van der Waals surface area contributed by atoms with Crippen LogP contribution in [0.5, 0.6) is 0 Å². The van der Waals surface area contributed by atoms with Crippen LogP contribution in [0.4, 0.5) is 5.69 Å². The van der Waals surface area contributed by atoms with E-state index in [4.69, 9.17) is 5.73 Å². The van der Waals surface area contributed by atoms with E-state index < -0.39 is 0 Å². The van der Waals surface area contributed by atoms with Crippen LogP contribution in [0.3, 0.4) is 0 Å². The van der Waals surface area contributed by atoms with Gasteiger partial charge in [0.2, 0.25) is 0 Å². The maximum atomic E-state index is 5.87. The zero-order chi connectivity index (χ0) is 12.8. The fourth-order valence-corrected chi connectivity index (χ4v) is 2.40. The molecule has 3 heteroatoms. The zero-order valence-electron chi connectivity index (χ0n) is 11.2. The number of anilines is 1. The third-order valence-corrected chi connectivity index (χ3v) is 3.41. The molecule has 1 aliphatic carbocycles. The van der Waals surface area contributed by atoms with Crippen LogP contribution in [0.2, 0.25) is 0 Å². The van der Waals surface area contributed by atoms with Crippen LogP contribution >= 0.6 is 0 Å². The normalized spacial score (nSPS) is 14.6. The number of nitrogens with one attached hydrogen (secondary N) is 1. The molecule has 1 aromatic carbocycles. The van der Waals surface area contributed by atoms with Gasteiger partial charge in [-0.25, -0.2) is 0 Å². The second kappa shape index (κ2) is 6.43. The quantitative estimate of drug-likeness (QED) is 0.476. The fourth-order valence-electron chi connectivity index (χ4n) is 2.40. The molecular weight excluding hydrogens is 222 g/mol. The van der Waals surface area contributed by atoms with E-state index in [1.807, 2.05) is 0 Å². The first-order valence-electron chi connectivity index (χ1n) is 6.98. The Labute approximate surface area is 109 Å². The first-order valence-corrected chi connectivity index (χ1v) is 6.98. The molecule has 18 heavy (non-hydrogen) atoms. The summed E-state index contributed by atoms with van der Waals surface area (Å²) in [6.07, 6.45) is 7.24. The second-order valence-corrected chi connectivity index (χ2v) is 4.94. The minimum Gasteiger partial charge on any atom is -0.370 e. The number of aryl methyl sites for hydroxylation is 2. The third-order valence-electron chi connectivity index (χ3n) is 3.41. The van der Waals surface area contributed by atoms with E-state index in [0.717, 1.165) is 18.7 Å². The molecule has 2 rings (SSSR count). The molecule has 0 aliphatic heterocycles. The first-order chi connectivity index (χ1) is 8.79. The van der Waals surface area contributed by atoms with E-state index >= 15 is 0 Å². The van der Waals surface area contributed by atoms with Crippen molar-refractivity contribution >= 4 is 11.6 Å². The summed E-state index contributed by atoms with van der Waals surface area (Å²) in [5.74, 6) is 0.532. The molecule has 0 amide bonds. The monoisotopic (exact) mass is 245 g/mol. The second-order valence-electron chi connectivity index (χ2n) is 4.94. The molecule has 0 aromatic heterocycles. The Morgan fingerprint density at radius 2 is 2.11 bits per heavy atom. The summed E-state index contributed by atoms with van der Waals surface area (Å²) in [4.78, 5) is 4.33. The van der Waals surface area contributed by atoms with Crippen molar-refractivity contribution in [1.82, 2.24) is 0 Å². The molecule has 0 unspecified atom stereocenters. The van der Waals surface area contributed by atoms with Gasteiger partial charge in [-0.1, -0.05) is 25.8 Å². The molecule has 0 bridgehead atoms. The Bertz CT molecular complexity index is 424. The number of benzene rings is 1. The van der Waals surface area contributed by atoms with Gasteiger partial charge in [-0.05, 0) is 48.9 Å². The van der Waals surface area contributed by atoms with Crippen molar-refractivity contribution < 1.29 is 0 Å². The standard InChI is InChI=1S/C15H23N3/c1-2-3-4-10-17-15(16)18-14-9-8-12-6-5-7-13(12)11-14/h8-9,11H,2-7,10H2,1H3,(H3,16,17,18). The van der Waals surface area contributed by atoms with Gasteiger partial charge in [0, 0.05) is 12.2 Å². The highest BCUT2D eigenvalue weighted by molar-refractivity contribution is 5.92. The molecule has 1 aliphatic rings. The molecule has 1 aromatic rings. The summed E-state index contributed by atoms with van der Waals surface area (Å²) >= 11 is 0. The zero-order valence-corrected chi connectivity index (χ0v) is 11.2. The third kappa shape index (κ3) is 3.49. The van der Waals surface area contributed by atoms with Crippen molar-refractivity contribution in [2.75, 3.05) is 11.9 Å². The van der Waals surface area contributed by atoms with Crippen molar-refractivity contribution in [1.29, 1.82) is 0 Å². The predicted molar refractivity (Wildman–Crippen MR) is 78.1 cm³/mol. The topological polar surface area (TPSA) is 50.4 Å². The van der Waals surface area contributed by atoms with Gasteiger partial charge >= 0.3 is 0 Å². The van der Waals surface area contributed by atoms with Crippen molar-refractivity contribution in [2.24, 2.45) is 10.7 Å². The van der Waals surface area contributed by atoms with Crippen LogP contribution in [0.1, 0.15) is 43.7 Å². The van der Waals surface area contributed by atoms with E-state index in [-0.39, 0.29) is 0 Å². The number of nitrogens with two attached hydrogens (primary N) is 1. The van der Waals surface area contributed by atoms with Crippen LogP contribution in [0.25, 0.3) is 0 Å². The Morgan fingerprint density at radius 3 is 2.94 bits per heavy atom. The summed E-state index contributed by atoms with van der Waals surface area (Å²) < 4.78 is 0. The highest BCUT2D eigenvalue weighted by atomic mass is 15.1. The maximum Gasteiger partial charge on any atom is 0.193 e. The number of hydrogen-bond donors (Lipinski definition) is 2. The SMILES string of the molecule is CCCCCN=C(N)Nc1ccc2c(c1)CCC2. The fraction of sp³-hybridized carbons (Fsp3) is 0.533. The van der Waals surface area contributed by atoms with Crippen LogP contribution < -0.4 is 11.1 Å². The molecule has 0 heterocycles. The molecule has 0 saturated carbocycles. The van der Waals surface area contributed by atoms with Gasteiger partial charge < -0.3 is 11.1 Å². The largest absolute Gasteiger partial charge is 0.370 e. The van der Waals surface area contributed by atoms with Gasteiger partial charge in [0.25, 0.3) is 0 Å². The lowest BCUT2D eigenvalue weighted by atomic mass is 10.1. The molecule has 0 atom stereocenters. The lowest BCUT2D eigenvalue weighted by Crippen LogP contribution is -2.22. The first kappa shape index (κ1) is 12.9. The molecule has 0 saturated heterocycles. The predicted octanol–water partition coefficient (Wildman–Crippen LogP) is 3.09. The minimum atomic E-state index is 0.532. The lowest BCUT2D eigenvalue weighted by Gasteiger charge is -2.07. The number of nitrogens with zero attached hydrogens (tertiary/aromatic N) is 1. The van der Waals surface area contributed by atoms with Crippen LogP contribution in [-0.2, 0) is 12.8 Å². The van der Waals surface area contributed by atoms with Gasteiger partial charge in [0.15, 0.2) is 5.96 Å². The van der Waals surface area contributed by atoms with E-state index in [0.29, 0.717) is 5.96 Å². The summed E-state index contributed by atoms with van der Waals surface area (Å²) in [6.45, 7) is 3.01. The van der Waals surface area contributed by atoms with Crippen molar-refractivity contribution in [3.63, 3.8) is 0 Å². The molecule has 3 N–H and O–H groups in total. The Hall–Kier alpha value is -1.51. The van der Waals surface area contributed by atoms with Gasteiger partial charge in [-0.15, -0.1) is 0 Å². The van der Waals surface area contributed by atoms with Crippen molar-refractivity contribution in [3.05, 3.63) is 29.3 Å². The molecule has 3 nitrogen and oxygen atoms in total. The number of hydrogen-bond acceptors (Lipinski definition) is 1. The smallest absolute Gasteiger partial charge is 0.193 e. The molecule has 98 valence electrons. The van der Waals surface area contributed by atoms with E-state index in [1.54, 1.807) is 0 Å². The summed E-state index contributed by atoms with van der Waals surface area (Å²) in [7, 11) is 0. The van der Waals surface area contributed by atoms with Gasteiger partial charge in [-0.2, -0.15) is 0 Å². The lowest BCUT2D eigenvalue weighted by molar-refractivity contribution is 0.727. The van der Waals surface area contributed by atoms with E-state index in [2.05, 4.69) is 35.4 Å². The van der Waals surface area contributed by atoms with Crippen LogP contribution in [0.15, 0.2) is 23.2 Å². The average molecular weight is 245 g/mol. The van der Waals surface area contributed by atoms with E-state index in [1.165, 1.54) is 43.2 Å². The summed E-state index contributed by atoms with van der Waals surface area (Å²) in [5, 5.41) is 3.18. The Kier molecular flexibility index (Phi) is 4.62. The molecule has 0 fully saturated rings. The number of unbranched alkanes of at least 4 members (excludes halogenated alkanes) is 2. The molecular formula is C15H23N3. The van der Waals surface area contributed by atoms with Crippen LogP contribution in [0, 0.1) is 0 Å². The Balaban J connectivity index is 1.88. The maximum absolute atomic E-state index is 5.87. The minimum absolute atomic E-state index is 0.532. The number of fused-ring (bicyclic) bond motifs is 1.